The molecule has 0 bridgehead atoms. The number of nitrogens with one attached hydrogen (secondary N) is 1. The van der Waals surface area contributed by atoms with E-state index in [1.54, 1.807) is 0 Å². The van der Waals surface area contributed by atoms with Gasteiger partial charge in [-0.1, -0.05) is 5.11 Å². The third kappa shape index (κ3) is 3.90. The van der Waals surface area contributed by atoms with Gasteiger partial charge in [-0.3, -0.25) is 14.4 Å². The van der Waals surface area contributed by atoms with Crippen LogP contribution in [0.1, 0.15) is 19.8 Å². The Morgan fingerprint density at radius 2 is 2.29 bits per heavy atom. The average Bonchev–Trinajstić information content (AvgIpc) is 2.95. The Hall–Kier alpha value is -0.790. The number of likely N-dealkylation sites (tertiary alicyclic amines) is 1. The maximum atomic E-state index is 12.0. The fourth-order valence-electron chi connectivity index (χ4n) is 3.26. The molecule has 0 aliphatic carbocycles. The number of hydrogen-bond acceptors (Lipinski definition) is 5. The summed E-state index contributed by atoms with van der Waals surface area (Å²) in [5.41, 5.74) is 8.93. The van der Waals surface area contributed by atoms with E-state index in [1.807, 2.05) is 14.0 Å². The average molecular weight is 314 g/mol. The molecule has 120 valence electrons. The van der Waals surface area contributed by atoms with Gasteiger partial charge in [-0.05, 0) is 61.3 Å². The monoisotopic (exact) mass is 314 g/mol. The minimum absolute atomic E-state index is 0.0899. The van der Waals surface area contributed by atoms with Crippen molar-refractivity contribution in [1.82, 2.24) is 15.1 Å². The summed E-state index contributed by atoms with van der Waals surface area (Å²) >= 11 is 0. The Labute approximate surface area is 127 Å². The summed E-state index contributed by atoms with van der Waals surface area (Å²) in [6.45, 7) is 3.91. The van der Waals surface area contributed by atoms with Crippen LogP contribution in [0.15, 0.2) is 5.11 Å². The number of azide groups is 1. The minimum Gasteiger partial charge on any atom is -0.305 e. The molecular formula is C13H26N6OS. The van der Waals surface area contributed by atoms with Gasteiger partial charge in [0.25, 0.3) is 0 Å². The molecule has 0 saturated carbocycles. The van der Waals surface area contributed by atoms with Crippen molar-refractivity contribution in [2.24, 2.45) is 5.11 Å². The van der Waals surface area contributed by atoms with Crippen LogP contribution in [0, 0.1) is 0 Å². The van der Waals surface area contributed by atoms with Crippen LogP contribution in [0.2, 0.25) is 0 Å². The van der Waals surface area contributed by atoms with Crippen LogP contribution in [-0.2, 0) is 9.52 Å². The van der Waals surface area contributed by atoms with Crippen LogP contribution in [-0.4, -0.2) is 76.4 Å². The van der Waals surface area contributed by atoms with Crippen molar-refractivity contribution in [2.75, 3.05) is 38.7 Å². The highest BCUT2D eigenvalue weighted by atomic mass is 32.2. The molecule has 0 aromatic heterocycles. The second kappa shape index (κ2) is 6.14. The van der Waals surface area contributed by atoms with E-state index in [0.29, 0.717) is 17.5 Å². The lowest BCUT2D eigenvalue weighted by Gasteiger charge is -2.41. The van der Waals surface area contributed by atoms with Gasteiger partial charge in [0, 0.05) is 35.0 Å². The van der Waals surface area contributed by atoms with E-state index in [9.17, 15) is 4.21 Å². The van der Waals surface area contributed by atoms with Crippen LogP contribution in [0.3, 0.4) is 0 Å². The van der Waals surface area contributed by atoms with Gasteiger partial charge in [0.15, 0.2) is 0 Å². The molecule has 1 N–H and O–H groups in total. The molecule has 4 unspecified atom stereocenters. The molecule has 8 heteroatoms. The van der Waals surface area contributed by atoms with E-state index in [1.165, 1.54) is 0 Å². The molecule has 2 rings (SSSR count). The Bertz CT molecular complexity index is 529. The van der Waals surface area contributed by atoms with Crippen molar-refractivity contribution in [3.8, 4) is 0 Å². The molecular weight excluding hydrogens is 288 g/mol. The molecule has 4 atom stereocenters. The fourth-order valence-corrected chi connectivity index (χ4v) is 5.13. The predicted molar refractivity (Wildman–Crippen MR) is 87.8 cm³/mol. The Morgan fingerprint density at radius 3 is 2.76 bits per heavy atom. The number of nitrogens with zero attached hydrogens (tertiary/aromatic N) is 5. The fraction of sp³-hybridized carbons (Fsp3) is 0.923. The van der Waals surface area contributed by atoms with Crippen molar-refractivity contribution < 1.29 is 4.21 Å². The summed E-state index contributed by atoms with van der Waals surface area (Å²) in [5.74, 6) is 4.20. The first kappa shape index (κ1) is 16.6. The zero-order chi connectivity index (χ0) is 15.7. The quantitative estimate of drug-likeness (QED) is 0.266. The van der Waals surface area contributed by atoms with Crippen LogP contribution >= 0.6 is 0 Å². The summed E-state index contributed by atoms with van der Waals surface area (Å²) in [7, 11) is 2.13. The van der Waals surface area contributed by atoms with Crippen LogP contribution in [0.4, 0.5) is 0 Å². The number of likely N-dealkylation sites (N-methyl/N-ethyl adjacent to an activating group) is 2. The van der Waals surface area contributed by atoms with E-state index >= 15 is 0 Å². The summed E-state index contributed by atoms with van der Waals surface area (Å²) in [6, 6.07) is 0.440. The van der Waals surface area contributed by atoms with Crippen molar-refractivity contribution in [1.29, 1.82) is 0 Å². The van der Waals surface area contributed by atoms with Crippen molar-refractivity contribution >= 4 is 15.4 Å². The van der Waals surface area contributed by atoms with Crippen LogP contribution < -0.4 is 5.32 Å². The third-order valence-electron chi connectivity index (χ3n) is 4.66. The van der Waals surface area contributed by atoms with Gasteiger partial charge in [0.05, 0.1) is 0 Å². The van der Waals surface area contributed by atoms with Gasteiger partial charge in [-0.2, -0.15) is 0 Å². The highest BCUT2D eigenvalue weighted by molar-refractivity contribution is 8.00. The summed E-state index contributed by atoms with van der Waals surface area (Å²) in [4.78, 5) is 7.40. The summed E-state index contributed by atoms with van der Waals surface area (Å²) < 4.78 is 12.0. The molecule has 2 aliphatic heterocycles. The van der Waals surface area contributed by atoms with Gasteiger partial charge in [-0.15, -0.1) is 0 Å². The summed E-state index contributed by atoms with van der Waals surface area (Å²) in [5, 5.41) is 7.41. The smallest absolute Gasteiger partial charge is 0.149 e. The minimum atomic E-state index is -1.96. The van der Waals surface area contributed by atoms with Gasteiger partial charge >= 0.3 is 0 Å². The molecule has 2 heterocycles. The lowest BCUT2D eigenvalue weighted by molar-refractivity contribution is 0.0556. The zero-order valence-electron chi connectivity index (χ0n) is 13.2. The second-order valence-corrected chi connectivity index (χ2v) is 9.17. The lowest BCUT2D eigenvalue weighted by atomic mass is 10.1. The van der Waals surface area contributed by atoms with Crippen molar-refractivity contribution in [3.63, 3.8) is 0 Å². The van der Waals surface area contributed by atoms with Crippen LogP contribution in [0.5, 0.6) is 0 Å². The van der Waals surface area contributed by atoms with E-state index in [-0.39, 0.29) is 6.04 Å². The van der Waals surface area contributed by atoms with Crippen molar-refractivity contribution in [3.05, 3.63) is 10.4 Å². The van der Waals surface area contributed by atoms with Gasteiger partial charge in [-0.25, -0.2) is 0 Å². The largest absolute Gasteiger partial charge is 0.305 e. The molecule has 0 amide bonds. The number of rotatable bonds is 5. The maximum absolute atomic E-state index is 12.0. The van der Waals surface area contributed by atoms with E-state index in [4.69, 9.17) is 5.53 Å². The highest BCUT2D eigenvalue weighted by Crippen LogP contribution is 2.24. The van der Waals surface area contributed by atoms with Gasteiger partial charge in [0.2, 0.25) is 0 Å². The van der Waals surface area contributed by atoms with Crippen molar-refractivity contribution in [2.45, 2.75) is 37.6 Å². The predicted octanol–water partition coefficient (Wildman–Crippen LogP) is 0.685. The normalized spacial score (nSPS) is 36.6. The second-order valence-electron chi connectivity index (χ2n) is 6.49. The first-order valence-corrected chi connectivity index (χ1v) is 9.40. The van der Waals surface area contributed by atoms with Crippen LogP contribution in [0.25, 0.3) is 10.4 Å². The Balaban J connectivity index is 2.10. The maximum Gasteiger partial charge on any atom is 0.149 e. The molecule has 2 aliphatic rings. The Kier molecular flexibility index (Phi) is 4.85. The molecule has 2 fully saturated rings. The van der Waals surface area contributed by atoms with E-state index in [0.717, 1.165) is 25.9 Å². The SMILES string of the molecule is C=S1(=O)CCC(NC(C)(N=[N+]=[N-])N(C)C2CCN(C)C2)C1. The molecule has 0 aromatic rings. The standard InChI is InChI=1S/C13H26N6OS/c1-13(16-17-14,15-11-6-8-21(4,20)10-11)19(3)12-5-7-18(2)9-12/h11-12,15H,4-10H2,1-3H3. The highest BCUT2D eigenvalue weighted by Gasteiger charge is 2.38. The molecule has 0 spiro atoms. The van der Waals surface area contributed by atoms with E-state index in [2.05, 4.69) is 38.1 Å². The first-order valence-electron chi connectivity index (χ1n) is 7.34. The zero-order valence-corrected chi connectivity index (χ0v) is 14.0. The topological polar surface area (TPSA) is 84.3 Å². The molecule has 0 radical (unpaired) electrons. The molecule has 7 nitrogen and oxygen atoms in total. The lowest BCUT2D eigenvalue weighted by Crippen LogP contribution is -2.60. The van der Waals surface area contributed by atoms with Gasteiger partial charge < -0.3 is 4.90 Å². The van der Waals surface area contributed by atoms with E-state index < -0.39 is 15.3 Å². The molecule has 2 saturated heterocycles. The third-order valence-corrected chi connectivity index (χ3v) is 6.65. The first-order chi connectivity index (χ1) is 9.76. The number of hydrogen-bond donors (Lipinski definition) is 1. The molecule has 21 heavy (non-hydrogen) atoms. The summed E-state index contributed by atoms with van der Waals surface area (Å²) in [6.07, 6.45) is 1.87. The Morgan fingerprint density at radius 1 is 1.57 bits per heavy atom. The molecule has 0 aromatic carbocycles. The van der Waals surface area contributed by atoms with Gasteiger partial charge in [0.1, 0.15) is 5.79 Å².